The van der Waals surface area contributed by atoms with Gasteiger partial charge in [0.2, 0.25) is 0 Å². The fourth-order valence-corrected chi connectivity index (χ4v) is 5.86. The maximum atomic E-state index is 2.64. The number of hydrogen-bond acceptors (Lipinski definition) is 0. The molecule has 0 aliphatic heterocycles. The summed E-state index contributed by atoms with van der Waals surface area (Å²) in [4.78, 5) is 0. The molecule has 2 aliphatic rings. The van der Waals surface area contributed by atoms with Crippen molar-refractivity contribution in [2.75, 3.05) is 0 Å². The van der Waals surface area contributed by atoms with E-state index in [4.69, 9.17) is 0 Å². The van der Waals surface area contributed by atoms with Crippen molar-refractivity contribution in [2.45, 2.75) is 120 Å². The van der Waals surface area contributed by atoms with Crippen molar-refractivity contribution < 1.29 is 0 Å². The summed E-state index contributed by atoms with van der Waals surface area (Å²) in [7, 11) is 0. The van der Waals surface area contributed by atoms with Crippen molar-refractivity contribution in [2.24, 2.45) is 40.4 Å². The first kappa shape index (κ1) is 23.0. The summed E-state index contributed by atoms with van der Waals surface area (Å²) in [5.41, 5.74) is 1.21. The zero-order valence-electron chi connectivity index (χ0n) is 19.3. The first-order valence-electron chi connectivity index (χ1n) is 11.7. The zero-order valence-corrected chi connectivity index (χ0v) is 19.3. The number of fused-ring (bicyclic) bond motifs is 1. The van der Waals surface area contributed by atoms with Gasteiger partial charge in [-0.2, -0.15) is 0 Å². The molecule has 0 nitrogen and oxygen atoms in total. The van der Waals surface area contributed by atoms with Crippen molar-refractivity contribution >= 4 is 0 Å². The molecule has 5 unspecified atom stereocenters. The van der Waals surface area contributed by atoms with Crippen LogP contribution in [-0.2, 0) is 0 Å². The molecule has 0 radical (unpaired) electrons. The fraction of sp³-hybridized carbons (Fsp3) is 1.00. The van der Waals surface area contributed by atoms with E-state index in [2.05, 4.69) is 48.5 Å². The summed E-state index contributed by atoms with van der Waals surface area (Å²) in [6.45, 7) is 21.5. The SMILES string of the molecule is CC.CCC(C)(C)C(CC1CC2CCCCC21C)C(C)CCC(C)C. The molecular formula is C25H50. The summed E-state index contributed by atoms with van der Waals surface area (Å²) in [5, 5.41) is 0. The van der Waals surface area contributed by atoms with Crippen LogP contribution in [0.25, 0.3) is 0 Å². The average Bonchev–Trinajstić information content (AvgIpc) is 2.58. The molecule has 0 aromatic carbocycles. The molecule has 0 amide bonds. The Labute approximate surface area is 160 Å². The van der Waals surface area contributed by atoms with E-state index in [1.807, 2.05) is 13.8 Å². The van der Waals surface area contributed by atoms with Gasteiger partial charge < -0.3 is 0 Å². The lowest BCUT2D eigenvalue weighted by molar-refractivity contribution is -0.0951. The molecule has 0 bridgehead atoms. The van der Waals surface area contributed by atoms with Gasteiger partial charge in [0, 0.05) is 0 Å². The zero-order chi connectivity index (χ0) is 19.3. The fourth-order valence-electron chi connectivity index (χ4n) is 5.86. The van der Waals surface area contributed by atoms with Crippen LogP contribution < -0.4 is 0 Å². The van der Waals surface area contributed by atoms with Crippen LogP contribution in [0.3, 0.4) is 0 Å². The van der Waals surface area contributed by atoms with Crippen LogP contribution >= 0.6 is 0 Å². The lowest BCUT2D eigenvalue weighted by Gasteiger charge is -2.59. The number of rotatable bonds is 8. The molecule has 0 N–H and O–H groups in total. The van der Waals surface area contributed by atoms with Crippen LogP contribution in [0.15, 0.2) is 0 Å². The topological polar surface area (TPSA) is 0 Å². The molecule has 2 rings (SSSR count). The summed E-state index contributed by atoms with van der Waals surface area (Å²) in [6, 6.07) is 0. The highest BCUT2D eigenvalue weighted by molar-refractivity contribution is 5.02. The highest BCUT2D eigenvalue weighted by Crippen LogP contribution is 2.62. The Hall–Kier alpha value is 0. The Morgan fingerprint density at radius 1 is 1.04 bits per heavy atom. The second-order valence-electron chi connectivity index (χ2n) is 10.5. The molecule has 0 aromatic rings. The maximum absolute atomic E-state index is 2.64. The summed E-state index contributed by atoms with van der Waals surface area (Å²) >= 11 is 0. The van der Waals surface area contributed by atoms with Crippen LogP contribution in [0.5, 0.6) is 0 Å². The predicted molar refractivity (Wildman–Crippen MR) is 115 cm³/mol. The summed E-state index contributed by atoms with van der Waals surface area (Å²) < 4.78 is 0. The third-order valence-electron chi connectivity index (χ3n) is 8.29. The van der Waals surface area contributed by atoms with Crippen LogP contribution in [-0.4, -0.2) is 0 Å². The Morgan fingerprint density at radius 3 is 2.20 bits per heavy atom. The maximum Gasteiger partial charge on any atom is -0.0269 e. The molecule has 0 aromatic heterocycles. The van der Waals surface area contributed by atoms with Gasteiger partial charge in [0.15, 0.2) is 0 Å². The van der Waals surface area contributed by atoms with Gasteiger partial charge in [-0.05, 0) is 66.1 Å². The largest absolute Gasteiger partial charge is 0.0683 e. The van der Waals surface area contributed by atoms with Gasteiger partial charge in [-0.25, -0.2) is 0 Å². The first-order valence-corrected chi connectivity index (χ1v) is 11.7. The highest BCUT2D eigenvalue weighted by atomic mass is 14.6. The van der Waals surface area contributed by atoms with Gasteiger partial charge in [0.25, 0.3) is 0 Å². The van der Waals surface area contributed by atoms with E-state index in [1.54, 1.807) is 6.42 Å². The standard InChI is InChI=1S/C23H44.C2H6/c1-8-22(5,6)21(18(4)13-12-17(2)3)16-20-15-19-11-9-10-14-23(19,20)7;1-2/h17-21H,8-16H2,1-7H3;1-2H3. The van der Waals surface area contributed by atoms with Crippen LogP contribution in [0.4, 0.5) is 0 Å². The molecule has 5 atom stereocenters. The number of hydrogen-bond donors (Lipinski definition) is 0. The van der Waals surface area contributed by atoms with Crippen LogP contribution in [0.1, 0.15) is 120 Å². The minimum absolute atomic E-state index is 0.506. The smallest absolute Gasteiger partial charge is 0.0269 e. The van der Waals surface area contributed by atoms with Crippen LogP contribution in [0, 0.1) is 40.4 Å². The lowest BCUT2D eigenvalue weighted by Crippen LogP contribution is -2.50. The van der Waals surface area contributed by atoms with E-state index < -0.39 is 0 Å². The minimum Gasteiger partial charge on any atom is -0.0683 e. The molecule has 0 saturated heterocycles. The molecular weight excluding hydrogens is 300 g/mol. The second-order valence-corrected chi connectivity index (χ2v) is 10.5. The van der Waals surface area contributed by atoms with E-state index in [0.29, 0.717) is 10.8 Å². The Balaban J connectivity index is 0.00000151. The molecule has 2 saturated carbocycles. The van der Waals surface area contributed by atoms with Gasteiger partial charge in [0.1, 0.15) is 0 Å². The van der Waals surface area contributed by atoms with Crippen molar-refractivity contribution in [3.63, 3.8) is 0 Å². The third-order valence-corrected chi connectivity index (χ3v) is 8.29. The third kappa shape index (κ3) is 5.49. The predicted octanol–water partition coefficient (Wildman–Crippen LogP) is 8.74. The Kier molecular flexibility index (Phi) is 9.03. The van der Waals surface area contributed by atoms with Crippen molar-refractivity contribution in [3.8, 4) is 0 Å². The van der Waals surface area contributed by atoms with Gasteiger partial charge in [-0.1, -0.05) is 94.4 Å². The normalized spacial score (nSPS) is 31.4. The molecule has 2 fully saturated rings. The Morgan fingerprint density at radius 2 is 1.68 bits per heavy atom. The van der Waals surface area contributed by atoms with Gasteiger partial charge >= 0.3 is 0 Å². The van der Waals surface area contributed by atoms with Gasteiger partial charge in [-0.15, -0.1) is 0 Å². The van der Waals surface area contributed by atoms with Crippen LogP contribution in [0.2, 0.25) is 0 Å². The molecule has 150 valence electrons. The van der Waals surface area contributed by atoms with E-state index in [1.165, 1.54) is 51.4 Å². The van der Waals surface area contributed by atoms with Crippen molar-refractivity contribution in [1.29, 1.82) is 0 Å². The lowest BCUT2D eigenvalue weighted by atomic mass is 9.46. The molecule has 0 spiro atoms. The molecule has 2 aliphatic carbocycles. The molecule has 25 heavy (non-hydrogen) atoms. The second kappa shape index (κ2) is 9.80. The summed E-state index contributed by atoms with van der Waals surface area (Å²) in [5.74, 6) is 4.74. The van der Waals surface area contributed by atoms with Crippen molar-refractivity contribution in [3.05, 3.63) is 0 Å². The average molecular weight is 351 g/mol. The van der Waals surface area contributed by atoms with E-state index in [9.17, 15) is 0 Å². The van der Waals surface area contributed by atoms with Crippen molar-refractivity contribution in [1.82, 2.24) is 0 Å². The van der Waals surface area contributed by atoms with E-state index in [-0.39, 0.29) is 0 Å². The first-order chi connectivity index (χ1) is 11.7. The summed E-state index contributed by atoms with van der Waals surface area (Å²) in [6.07, 6.45) is 13.3. The highest BCUT2D eigenvalue weighted by Gasteiger charge is 2.53. The van der Waals surface area contributed by atoms with E-state index in [0.717, 1.165) is 29.6 Å². The molecule has 0 heterocycles. The molecule has 0 heteroatoms. The minimum atomic E-state index is 0.506. The monoisotopic (exact) mass is 350 g/mol. The van der Waals surface area contributed by atoms with Gasteiger partial charge in [-0.3, -0.25) is 0 Å². The quantitative estimate of drug-likeness (QED) is 0.410. The van der Waals surface area contributed by atoms with E-state index >= 15 is 0 Å². The Bertz CT molecular complexity index is 366. The van der Waals surface area contributed by atoms with Gasteiger partial charge in [0.05, 0.1) is 0 Å².